The third kappa shape index (κ3) is 3.96. The third-order valence-corrected chi connectivity index (χ3v) is 3.05. The number of nitrogens with two attached hydrogens (primary N) is 1. The first-order valence-corrected chi connectivity index (χ1v) is 6.64. The smallest absolute Gasteiger partial charge is 0.275 e. The maximum atomic E-state index is 11.8. The highest BCUT2D eigenvalue weighted by atomic mass is 16.5. The van der Waals surface area contributed by atoms with E-state index >= 15 is 0 Å². The Morgan fingerprint density at radius 1 is 1.26 bits per heavy atom. The van der Waals surface area contributed by atoms with Gasteiger partial charge >= 0.3 is 0 Å². The lowest BCUT2D eigenvalue weighted by molar-refractivity contribution is -0.129. The van der Waals surface area contributed by atoms with Gasteiger partial charge < -0.3 is 4.74 Å². The Morgan fingerprint density at radius 3 is 2.37 bits per heavy atom. The van der Waals surface area contributed by atoms with E-state index in [0.29, 0.717) is 5.92 Å². The average molecular weight is 264 g/mol. The minimum absolute atomic E-state index is 0.0454. The van der Waals surface area contributed by atoms with Crippen LogP contribution in [0.15, 0.2) is 18.2 Å². The van der Waals surface area contributed by atoms with Gasteiger partial charge in [0.15, 0.2) is 6.10 Å². The minimum Gasteiger partial charge on any atom is -0.480 e. The Bertz CT molecular complexity index is 442. The summed E-state index contributed by atoms with van der Waals surface area (Å²) in [5.41, 5.74) is 4.37. The van der Waals surface area contributed by atoms with Gasteiger partial charge in [-0.1, -0.05) is 39.8 Å². The van der Waals surface area contributed by atoms with Gasteiger partial charge in [-0.2, -0.15) is 0 Å². The van der Waals surface area contributed by atoms with E-state index in [1.54, 1.807) is 0 Å². The molecule has 0 radical (unpaired) electrons. The monoisotopic (exact) mass is 264 g/mol. The predicted octanol–water partition coefficient (Wildman–Crippen LogP) is 2.51. The van der Waals surface area contributed by atoms with Gasteiger partial charge in [0.05, 0.1) is 0 Å². The summed E-state index contributed by atoms with van der Waals surface area (Å²) >= 11 is 0. The number of aryl methyl sites for hydroxylation is 1. The second-order valence-corrected chi connectivity index (χ2v) is 5.49. The molecule has 4 heteroatoms. The van der Waals surface area contributed by atoms with Gasteiger partial charge in [-0.15, -0.1) is 0 Å². The molecule has 1 rings (SSSR count). The summed E-state index contributed by atoms with van der Waals surface area (Å²) in [6, 6.07) is 6.07. The van der Waals surface area contributed by atoms with Crippen LogP contribution in [0.4, 0.5) is 0 Å². The van der Waals surface area contributed by atoms with E-state index in [1.165, 1.54) is 0 Å². The molecule has 0 aliphatic rings. The molecule has 0 heterocycles. The van der Waals surface area contributed by atoms with Crippen LogP contribution in [0.1, 0.15) is 44.7 Å². The van der Waals surface area contributed by atoms with Crippen molar-refractivity contribution in [2.75, 3.05) is 0 Å². The van der Waals surface area contributed by atoms with Gasteiger partial charge in [-0.3, -0.25) is 10.2 Å². The van der Waals surface area contributed by atoms with Crippen molar-refractivity contribution in [2.45, 2.75) is 46.6 Å². The molecule has 106 valence electrons. The van der Waals surface area contributed by atoms with Crippen LogP contribution in [0.25, 0.3) is 0 Å². The number of carbonyl (C=O) groups excluding carboxylic acids is 1. The van der Waals surface area contributed by atoms with Crippen LogP contribution < -0.4 is 16.0 Å². The van der Waals surface area contributed by atoms with Crippen LogP contribution in [0.5, 0.6) is 5.75 Å². The molecule has 1 aromatic rings. The fourth-order valence-corrected chi connectivity index (χ4v) is 1.93. The molecule has 1 unspecified atom stereocenters. The summed E-state index contributed by atoms with van der Waals surface area (Å²) < 4.78 is 5.91. The number of hydrazine groups is 1. The van der Waals surface area contributed by atoms with Crippen LogP contribution in [0.2, 0.25) is 0 Å². The molecule has 0 saturated heterocycles. The number of nitrogens with one attached hydrogen (secondary N) is 1. The largest absolute Gasteiger partial charge is 0.480 e. The quantitative estimate of drug-likeness (QED) is 0.488. The van der Waals surface area contributed by atoms with Gasteiger partial charge in [-0.25, -0.2) is 5.84 Å². The van der Waals surface area contributed by atoms with E-state index in [4.69, 9.17) is 10.6 Å². The number of amides is 1. The third-order valence-electron chi connectivity index (χ3n) is 3.05. The number of rotatable bonds is 5. The number of benzene rings is 1. The highest BCUT2D eigenvalue weighted by Crippen LogP contribution is 2.29. The fourth-order valence-electron chi connectivity index (χ4n) is 1.93. The first kappa shape index (κ1) is 15.5. The van der Waals surface area contributed by atoms with E-state index in [9.17, 15) is 4.79 Å². The molecule has 1 atom stereocenters. The van der Waals surface area contributed by atoms with E-state index < -0.39 is 6.10 Å². The second-order valence-electron chi connectivity index (χ2n) is 5.49. The molecular weight excluding hydrogens is 240 g/mol. The SMILES string of the molecule is Cc1ccc(C(C)C)c(OC(C(=O)NN)C(C)C)c1. The van der Waals surface area contributed by atoms with Crippen LogP contribution in [-0.4, -0.2) is 12.0 Å². The summed E-state index contributed by atoms with van der Waals surface area (Å²) in [7, 11) is 0. The molecule has 0 aromatic heterocycles. The van der Waals surface area contributed by atoms with Crippen molar-refractivity contribution in [1.82, 2.24) is 5.43 Å². The topological polar surface area (TPSA) is 64.3 Å². The second kappa shape index (κ2) is 6.57. The van der Waals surface area contributed by atoms with E-state index in [-0.39, 0.29) is 11.8 Å². The first-order valence-electron chi connectivity index (χ1n) is 6.64. The molecule has 0 spiro atoms. The Balaban J connectivity index is 3.08. The van der Waals surface area contributed by atoms with Crippen molar-refractivity contribution < 1.29 is 9.53 Å². The van der Waals surface area contributed by atoms with Crippen LogP contribution >= 0.6 is 0 Å². The van der Waals surface area contributed by atoms with Crippen molar-refractivity contribution in [3.05, 3.63) is 29.3 Å². The van der Waals surface area contributed by atoms with Crippen molar-refractivity contribution >= 4 is 5.91 Å². The van der Waals surface area contributed by atoms with Gasteiger partial charge in [0, 0.05) is 0 Å². The molecular formula is C15H24N2O2. The lowest BCUT2D eigenvalue weighted by Crippen LogP contribution is -2.45. The number of ether oxygens (including phenoxy) is 1. The predicted molar refractivity (Wildman–Crippen MR) is 76.9 cm³/mol. The van der Waals surface area contributed by atoms with Crippen LogP contribution in [0, 0.1) is 12.8 Å². The Labute approximate surface area is 115 Å². The van der Waals surface area contributed by atoms with E-state index in [0.717, 1.165) is 16.9 Å². The van der Waals surface area contributed by atoms with E-state index in [2.05, 4.69) is 25.3 Å². The van der Waals surface area contributed by atoms with Crippen LogP contribution in [-0.2, 0) is 4.79 Å². The number of hydrogen-bond acceptors (Lipinski definition) is 3. The molecule has 1 aromatic carbocycles. The lowest BCUT2D eigenvalue weighted by Gasteiger charge is -2.23. The summed E-state index contributed by atoms with van der Waals surface area (Å²) in [5.74, 6) is 6.06. The Hall–Kier alpha value is -1.55. The summed E-state index contributed by atoms with van der Waals surface area (Å²) in [5, 5.41) is 0. The van der Waals surface area contributed by atoms with E-state index in [1.807, 2.05) is 32.9 Å². The zero-order valence-electron chi connectivity index (χ0n) is 12.4. The lowest BCUT2D eigenvalue weighted by atomic mass is 10.00. The molecule has 0 fully saturated rings. The van der Waals surface area contributed by atoms with Gasteiger partial charge in [0.25, 0.3) is 5.91 Å². The molecule has 3 N–H and O–H groups in total. The molecule has 1 amide bonds. The zero-order chi connectivity index (χ0) is 14.6. The van der Waals surface area contributed by atoms with Crippen molar-refractivity contribution in [2.24, 2.45) is 11.8 Å². The summed E-state index contributed by atoms with van der Waals surface area (Å²) in [4.78, 5) is 11.8. The van der Waals surface area contributed by atoms with Crippen molar-refractivity contribution in [1.29, 1.82) is 0 Å². The van der Waals surface area contributed by atoms with Gasteiger partial charge in [0.2, 0.25) is 0 Å². The van der Waals surface area contributed by atoms with Gasteiger partial charge in [0.1, 0.15) is 5.75 Å². The minimum atomic E-state index is -0.579. The molecule has 0 aliphatic heterocycles. The van der Waals surface area contributed by atoms with Crippen molar-refractivity contribution in [3.63, 3.8) is 0 Å². The molecule has 4 nitrogen and oxygen atoms in total. The molecule has 0 bridgehead atoms. The highest BCUT2D eigenvalue weighted by molar-refractivity contribution is 5.80. The summed E-state index contributed by atoms with van der Waals surface area (Å²) in [6.45, 7) is 10.1. The highest BCUT2D eigenvalue weighted by Gasteiger charge is 2.24. The standard InChI is InChI=1S/C15H24N2O2/c1-9(2)12-7-6-11(5)8-13(12)19-14(10(3)4)15(18)17-16/h6-10,14H,16H2,1-5H3,(H,17,18). The maximum absolute atomic E-state index is 11.8. The van der Waals surface area contributed by atoms with Crippen LogP contribution in [0.3, 0.4) is 0 Å². The zero-order valence-corrected chi connectivity index (χ0v) is 12.4. The van der Waals surface area contributed by atoms with Gasteiger partial charge in [-0.05, 0) is 36.0 Å². The van der Waals surface area contributed by atoms with Crippen molar-refractivity contribution in [3.8, 4) is 5.75 Å². The summed E-state index contributed by atoms with van der Waals surface area (Å²) in [6.07, 6.45) is -0.579. The average Bonchev–Trinajstić information content (AvgIpc) is 2.34. The normalized spacial score (nSPS) is 12.6. The maximum Gasteiger partial charge on any atom is 0.275 e. The number of hydrogen-bond donors (Lipinski definition) is 2. The fraction of sp³-hybridized carbons (Fsp3) is 0.533. The number of carbonyl (C=O) groups is 1. The molecule has 0 saturated carbocycles. The Morgan fingerprint density at radius 2 is 1.89 bits per heavy atom. The molecule has 0 aliphatic carbocycles. The molecule has 19 heavy (non-hydrogen) atoms. The first-order chi connectivity index (χ1) is 8.86. The Kier molecular flexibility index (Phi) is 5.36.